The van der Waals surface area contributed by atoms with E-state index in [0.717, 1.165) is 11.3 Å². The van der Waals surface area contributed by atoms with Gasteiger partial charge >= 0.3 is 0 Å². The number of amides is 1. The summed E-state index contributed by atoms with van der Waals surface area (Å²) < 4.78 is 1.79. The maximum absolute atomic E-state index is 12.0. The number of aromatic nitrogens is 2. The van der Waals surface area contributed by atoms with Crippen molar-refractivity contribution in [2.45, 2.75) is 25.9 Å². The summed E-state index contributed by atoms with van der Waals surface area (Å²) in [6, 6.07) is 9.85. The molecule has 0 spiro atoms. The minimum absolute atomic E-state index is 0.0926. The number of hydrogen-bond donors (Lipinski definition) is 1. The molecule has 5 heteroatoms. The van der Waals surface area contributed by atoms with Crippen molar-refractivity contribution in [2.24, 2.45) is 5.73 Å². The summed E-state index contributed by atoms with van der Waals surface area (Å²) in [6.07, 6.45) is 3.68. The average molecular weight is 272 g/mol. The van der Waals surface area contributed by atoms with Crippen LogP contribution in [0, 0.1) is 0 Å². The van der Waals surface area contributed by atoms with Gasteiger partial charge in [-0.1, -0.05) is 18.2 Å². The Morgan fingerprint density at radius 2 is 2.00 bits per heavy atom. The van der Waals surface area contributed by atoms with Gasteiger partial charge in [0.15, 0.2) is 0 Å². The maximum atomic E-state index is 12.0. The molecule has 2 N–H and O–H groups in total. The standard InChI is InChI=1S/C15H20N4O/c1-15(2,16)14(20)18(3)10-12-9-17-19(11-12)13-7-5-4-6-8-13/h4-9,11H,10,16H2,1-3H3. The monoisotopic (exact) mass is 272 g/mol. The molecule has 0 aliphatic carbocycles. The third-order valence-electron chi connectivity index (χ3n) is 2.97. The number of carbonyl (C=O) groups excluding carboxylic acids is 1. The molecule has 2 aromatic rings. The van der Waals surface area contributed by atoms with E-state index >= 15 is 0 Å². The van der Waals surface area contributed by atoms with Gasteiger partial charge in [0.25, 0.3) is 0 Å². The van der Waals surface area contributed by atoms with Gasteiger partial charge < -0.3 is 10.6 Å². The lowest BCUT2D eigenvalue weighted by atomic mass is 10.1. The molecule has 0 bridgehead atoms. The van der Waals surface area contributed by atoms with Crippen LogP contribution in [0.15, 0.2) is 42.7 Å². The number of benzene rings is 1. The molecule has 0 saturated carbocycles. The lowest BCUT2D eigenvalue weighted by Gasteiger charge is -2.25. The van der Waals surface area contributed by atoms with E-state index in [9.17, 15) is 4.79 Å². The van der Waals surface area contributed by atoms with Gasteiger partial charge in [0.1, 0.15) is 0 Å². The van der Waals surface area contributed by atoms with E-state index in [-0.39, 0.29) is 5.91 Å². The molecule has 0 atom stereocenters. The zero-order chi connectivity index (χ0) is 14.8. The lowest BCUT2D eigenvalue weighted by Crippen LogP contribution is -2.49. The highest BCUT2D eigenvalue weighted by Gasteiger charge is 2.25. The quantitative estimate of drug-likeness (QED) is 0.918. The number of para-hydroxylation sites is 1. The third-order valence-corrected chi connectivity index (χ3v) is 2.97. The van der Waals surface area contributed by atoms with Crippen LogP contribution < -0.4 is 5.73 Å². The van der Waals surface area contributed by atoms with Crippen molar-refractivity contribution in [3.05, 3.63) is 48.3 Å². The fraction of sp³-hybridized carbons (Fsp3) is 0.333. The van der Waals surface area contributed by atoms with Crippen LogP contribution >= 0.6 is 0 Å². The lowest BCUT2D eigenvalue weighted by molar-refractivity contribution is -0.134. The van der Waals surface area contributed by atoms with Gasteiger partial charge in [-0.2, -0.15) is 5.10 Å². The number of rotatable bonds is 4. The predicted molar refractivity (Wildman–Crippen MR) is 78.3 cm³/mol. The third kappa shape index (κ3) is 3.24. The molecule has 106 valence electrons. The summed E-state index contributed by atoms with van der Waals surface area (Å²) >= 11 is 0. The number of nitrogens with two attached hydrogens (primary N) is 1. The van der Waals surface area contributed by atoms with Gasteiger partial charge in [0.05, 0.1) is 17.4 Å². The van der Waals surface area contributed by atoms with Crippen molar-refractivity contribution in [2.75, 3.05) is 7.05 Å². The Bertz CT molecular complexity index is 583. The van der Waals surface area contributed by atoms with Crippen LogP contribution in [-0.4, -0.2) is 33.2 Å². The Balaban J connectivity index is 2.09. The Morgan fingerprint density at radius 3 is 2.60 bits per heavy atom. The first-order valence-corrected chi connectivity index (χ1v) is 6.51. The number of hydrogen-bond acceptors (Lipinski definition) is 3. The molecule has 1 aromatic carbocycles. The Hall–Kier alpha value is -2.14. The average Bonchev–Trinajstić information content (AvgIpc) is 2.86. The van der Waals surface area contributed by atoms with Crippen LogP contribution in [0.5, 0.6) is 0 Å². The second-order valence-electron chi connectivity index (χ2n) is 5.51. The zero-order valence-electron chi connectivity index (χ0n) is 12.1. The van der Waals surface area contributed by atoms with E-state index in [0.29, 0.717) is 6.54 Å². The molecule has 0 aliphatic rings. The van der Waals surface area contributed by atoms with Crippen LogP contribution in [0.3, 0.4) is 0 Å². The van der Waals surface area contributed by atoms with Gasteiger partial charge in [-0.25, -0.2) is 4.68 Å². The van der Waals surface area contributed by atoms with Gasteiger partial charge in [0.2, 0.25) is 5.91 Å². The molecule has 1 amide bonds. The van der Waals surface area contributed by atoms with E-state index in [1.165, 1.54) is 0 Å². The minimum Gasteiger partial charge on any atom is -0.340 e. The van der Waals surface area contributed by atoms with Crippen LogP contribution in [0.4, 0.5) is 0 Å². The number of likely N-dealkylation sites (N-methyl/N-ethyl adjacent to an activating group) is 1. The molecule has 0 fully saturated rings. The molecular formula is C15H20N4O. The van der Waals surface area contributed by atoms with Crippen molar-refractivity contribution < 1.29 is 4.79 Å². The first kappa shape index (κ1) is 14.3. The Labute approximate surface area is 119 Å². The largest absolute Gasteiger partial charge is 0.340 e. The summed E-state index contributed by atoms with van der Waals surface area (Å²) in [7, 11) is 1.75. The SMILES string of the molecule is CN(Cc1cnn(-c2ccccc2)c1)C(=O)C(C)(C)N. The van der Waals surface area contributed by atoms with E-state index in [4.69, 9.17) is 5.73 Å². The fourth-order valence-electron chi connectivity index (χ4n) is 2.00. The molecular weight excluding hydrogens is 252 g/mol. The first-order valence-electron chi connectivity index (χ1n) is 6.51. The molecule has 2 rings (SSSR count). The van der Waals surface area contributed by atoms with Gasteiger partial charge in [-0.15, -0.1) is 0 Å². The van der Waals surface area contributed by atoms with Gasteiger partial charge in [-0.05, 0) is 26.0 Å². The molecule has 0 radical (unpaired) electrons. The molecule has 0 aliphatic heterocycles. The summed E-state index contributed by atoms with van der Waals surface area (Å²) in [6.45, 7) is 3.91. The predicted octanol–water partition coefficient (Wildman–Crippen LogP) is 1.57. The van der Waals surface area contributed by atoms with E-state index in [1.54, 1.807) is 36.7 Å². The minimum atomic E-state index is -0.857. The maximum Gasteiger partial charge on any atom is 0.242 e. The highest BCUT2D eigenvalue weighted by Crippen LogP contribution is 2.11. The van der Waals surface area contributed by atoms with Crippen molar-refractivity contribution >= 4 is 5.91 Å². The second kappa shape index (κ2) is 5.46. The summed E-state index contributed by atoms with van der Waals surface area (Å²) in [5.41, 5.74) is 6.92. The van der Waals surface area contributed by atoms with E-state index in [2.05, 4.69) is 5.10 Å². The number of nitrogens with zero attached hydrogens (tertiary/aromatic N) is 3. The Kier molecular flexibility index (Phi) is 3.90. The molecule has 0 saturated heterocycles. The smallest absolute Gasteiger partial charge is 0.242 e. The summed E-state index contributed by atoms with van der Waals surface area (Å²) in [5.74, 6) is -0.0926. The normalized spacial score (nSPS) is 11.4. The van der Waals surface area contributed by atoms with Crippen molar-refractivity contribution in [1.82, 2.24) is 14.7 Å². The fourth-order valence-corrected chi connectivity index (χ4v) is 2.00. The van der Waals surface area contributed by atoms with Crippen LogP contribution in [0.1, 0.15) is 19.4 Å². The van der Waals surface area contributed by atoms with Crippen LogP contribution in [-0.2, 0) is 11.3 Å². The number of carbonyl (C=O) groups is 1. The highest BCUT2D eigenvalue weighted by atomic mass is 16.2. The summed E-state index contributed by atoms with van der Waals surface area (Å²) in [4.78, 5) is 13.6. The Morgan fingerprint density at radius 1 is 1.35 bits per heavy atom. The second-order valence-corrected chi connectivity index (χ2v) is 5.51. The van der Waals surface area contributed by atoms with Gasteiger partial charge in [0, 0.05) is 25.4 Å². The molecule has 1 heterocycles. The van der Waals surface area contributed by atoms with Crippen molar-refractivity contribution in [3.8, 4) is 5.69 Å². The van der Waals surface area contributed by atoms with Crippen LogP contribution in [0.25, 0.3) is 5.69 Å². The molecule has 0 unspecified atom stereocenters. The summed E-state index contributed by atoms with van der Waals surface area (Å²) in [5, 5.41) is 4.31. The topological polar surface area (TPSA) is 64.2 Å². The van der Waals surface area contributed by atoms with Crippen molar-refractivity contribution in [3.63, 3.8) is 0 Å². The van der Waals surface area contributed by atoms with Crippen LogP contribution in [0.2, 0.25) is 0 Å². The molecule has 5 nitrogen and oxygen atoms in total. The molecule has 20 heavy (non-hydrogen) atoms. The first-order chi connectivity index (χ1) is 9.38. The zero-order valence-corrected chi connectivity index (χ0v) is 12.1. The van der Waals surface area contributed by atoms with Crippen molar-refractivity contribution in [1.29, 1.82) is 0 Å². The van der Waals surface area contributed by atoms with E-state index in [1.807, 2.05) is 36.5 Å². The molecule has 1 aromatic heterocycles. The van der Waals surface area contributed by atoms with E-state index < -0.39 is 5.54 Å². The van der Waals surface area contributed by atoms with Gasteiger partial charge in [-0.3, -0.25) is 4.79 Å². The highest BCUT2D eigenvalue weighted by molar-refractivity contribution is 5.84.